The largest absolute Gasteiger partial charge is 0.507 e. The molecule has 1 fully saturated rings. The summed E-state index contributed by atoms with van der Waals surface area (Å²) in [5.74, 6) is -0.797. The van der Waals surface area contributed by atoms with E-state index in [-0.39, 0.29) is 83.3 Å². The van der Waals surface area contributed by atoms with Gasteiger partial charge >= 0.3 is 0 Å². The Labute approximate surface area is 221 Å². The van der Waals surface area contributed by atoms with E-state index in [9.17, 15) is 19.1 Å². The number of amides is 2. The molecule has 0 spiro atoms. The molecule has 3 aliphatic rings. The van der Waals surface area contributed by atoms with Crippen LogP contribution in [0.5, 0.6) is 11.5 Å². The zero-order valence-electron chi connectivity index (χ0n) is 20.4. The summed E-state index contributed by atoms with van der Waals surface area (Å²) in [6.45, 7) is 6.64. The fourth-order valence-electron chi connectivity index (χ4n) is 5.35. The molecule has 2 atom stereocenters. The molecule has 6 rings (SSSR count). The van der Waals surface area contributed by atoms with Crippen LogP contribution in [0.4, 0.5) is 10.2 Å². The smallest absolute Gasteiger partial charge is 0.261 e. The van der Waals surface area contributed by atoms with Gasteiger partial charge < -0.3 is 29.1 Å². The number of halogens is 2. The van der Waals surface area contributed by atoms with Crippen LogP contribution in [-0.4, -0.2) is 69.1 Å². The summed E-state index contributed by atoms with van der Waals surface area (Å²) in [4.78, 5) is 36.1. The van der Waals surface area contributed by atoms with Gasteiger partial charge in [-0.2, -0.15) is 0 Å². The first-order valence-corrected chi connectivity index (χ1v) is 12.4. The van der Waals surface area contributed by atoms with Crippen molar-refractivity contribution in [2.24, 2.45) is 0 Å². The quantitative estimate of drug-likeness (QED) is 0.503. The predicted molar refractivity (Wildman–Crippen MR) is 135 cm³/mol. The minimum absolute atomic E-state index is 0.0455. The van der Waals surface area contributed by atoms with E-state index in [1.54, 1.807) is 16.0 Å². The van der Waals surface area contributed by atoms with Crippen LogP contribution >= 0.6 is 11.6 Å². The van der Waals surface area contributed by atoms with E-state index in [1.807, 2.05) is 11.8 Å². The lowest BCUT2D eigenvalue weighted by Crippen LogP contribution is -2.57. The van der Waals surface area contributed by atoms with E-state index in [0.29, 0.717) is 12.3 Å². The molecule has 196 valence electrons. The van der Waals surface area contributed by atoms with Crippen molar-refractivity contribution in [3.05, 3.63) is 64.8 Å². The van der Waals surface area contributed by atoms with E-state index in [0.717, 1.165) is 5.56 Å². The molecule has 12 heteroatoms. The molecule has 2 aromatic heterocycles. The molecule has 1 saturated heterocycles. The summed E-state index contributed by atoms with van der Waals surface area (Å²) in [5, 5.41) is 14.3. The average molecular weight is 540 g/mol. The van der Waals surface area contributed by atoms with Crippen molar-refractivity contribution in [1.29, 1.82) is 0 Å². The maximum absolute atomic E-state index is 15.0. The van der Waals surface area contributed by atoms with Crippen LogP contribution in [0.25, 0.3) is 11.3 Å². The van der Waals surface area contributed by atoms with Gasteiger partial charge in [0.1, 0.15) is 40.3 Å². The molecule has 2 amide bonds. The molecule has 5 heterocycles. The highest BCUT2D eigenvalue weighted by Gasteiger charge is 2.43. The number of carbonyl (C=O) groups excluding carboxylic acids is 2. The molecule has 3 aliphatic heterocycles. The minimum Gasteiger partial charge on any atom is -0.507 e. The number of carbonyl (C=O) groups is 2. The number of hydrogen-bond donors (Lipinski definition) is 1. The molecule has 1 aromatic carbocycles. The number of piperazine rings is 1. The van der Waals surface area contributed by atoms with E-state index in [2.05, 4.69) is 16.7 Å². The molecule has 38 heavy (non-hydrogen) atoms. The molecule has 3 aromatic rings. The first kappa shape index (κ1) is 24.2. The summed E-state index contributed by atoms with van der Waals surface area (Å²) in [7, 11) is 0. The van der Waals surface area contributed by atoms with E-state index < -0.39 is 11.9 Å². The number of aromatic nitrogens is 2. The second-order valence-electron chi connectivity index (χ2n) is 9.40. The van der Waals surface area contributed by atoms with Crippen LogP contribution in [-0.2, 0) is 11.3 Å². The second kappa shape index (κ2) is 9.02. The van der Waals surface area contributed by atoms with E-state index >= 15 is 0 Å². The summed E-state index contributed by atoms with van der Waals surface area (Å²) >= 11 is 6.76. The Balaban J connectivity index is 1.52. The molecule has 10 nitrogen and oxygen atoms in total. The van der Waals surface area contributed by atoms with Crippen molar-refractivity contribution in [1.82, 2.24) is 19.9 Å². The van der Waals surface area contributed by atoms with Crippen LogP contribution in [0.1, 0.15) is 34.6 Å². The topological polar surface area (TPSA) is 112 Å². The highest BCUT2D eigenvalue weighted by atomic mass is 35.5. The molecular formula is C26H23ClFN5O5. The number of rotatable bonds is 3. The monoisotopic (exact) mass is 539 g/mol. The van der Waals surface area contributed by atoms with Crippen molar-refractivity contribution in [2.45, 2.75) is 25.6 Å². The van der Waals surface area contributed by atoms with Crippen molar-refractivity contribution in [3.63, 3.8) is 0 Å². The zero-order valence-corrected chi connectivity index (χ0v) is 21.1. The van der Waals surface area contributed by atoms with E-state index in [4.69, 9.17) is 20.9 Å². The lowest BCUT2D eigenvalue weighted by atomic mass is 10.0. The number of nitrogens with zero attached hydrogens (tertiary/aromatic N) is 5. The van der Waals surface area contributed by atoms with Gasteiger partial charge in [0.05, 0.1) is 30.4 Å². The summed E-state index contributed by atoms with van der Waals surface area (Å²) < 4.78 is 26.5. The molecule has 1 N–H and O–H groups in total. The predicted octanol–water partition coefficient (Wildman–Crippen LogP) is 3.55. The highest BCUT2D eigenvalue weighted by Crippen LogP contribution is 2.48. The maximum Gasteiger partial charge on any atom is 0.261 e. The van der Waals surface area contributed by atoms with Crippen molar-refractivity contribution < 1.29 is 28.3 Å². The Morgan fingerprint density at radius 1 is 1.29 bits per heavy atom. The number of phenolic OH excluding ortho intramolecular Hbond substituents is 1. The SMILES string of the molecule is C=CC(=O)N1CCN2C(=O)c3c(N4Cc5oncc5C4C)nc(-c4c(O)cccc4F)c(Cl)c3OCC2C1. The number of benzene rings is 1. The normalized spacial score (nSPS) is 20.4. The molecule has 0 radical (unpaired) electrons. The van der Waals surface area contributed by atoms with Crippen molar-refractivity contribution in [2.75, 3.05) is 31.1 Å². The van der Waals surface area contributed by atoms with Gasteiger partial charge in [0.15, 0.2) is 11.5 Å². The number of phenols is 1. The first-order valence-electron chi connectivity index (χ1n) is 12.1. The highest BCUT2D eigenvalue weighted by molar-refractivity contribution is 6.35. The lowest BCUT2D eigenvalue weighted by molar-refractivity contribution is -0.128. The second-order valence-corrected chi connectivity index (χ2v) is 9.77. The Bertz CT molecular complexity index is 1470. The number of fused-ring (bicyclic) bond motifs is 3. The number of ether oxygens (including phenoxy) is 1. The molecule has 0 aliphatic carbocycles. The van der Waals surface area contributed by atoms with E-state index in [1.165, 1.54) is 24.3 Å². The van der Waals surface area contributed by atoms with Gasteiger partial charge in [-0.3, -0.25) is 9.59 Å². The molecule has 0 saturated carbocycles. The van der Waals surface area contributed by atoms with Crippen LogP contribution in [0, 0.1) is 5.82 Å². The Kier molecular flexibility index (Phi) is 5.75. The lowest BCUT2D eigenvalue weighted by Gasteiger charge is -2.39. The summed E-state index contributed by atoms with van der Waals surface area (Å²) in [6.07, 6.45) is 2.85. The number of anilines is 1. The Hall–Kier alpha value is -4.12. The molecular weight excluding hydrogens is 517 g/mol. The van der Waals surface area contributed by atoms with Gasteiger partial charge in [-0.15, -0.1) is 0 Å². The minimum atomic E-state index is -0.730. The fourth-order valence-corrected chi connectivity index (χ4v) is 5.63. The summed E-state index contributed by atoms with van der Waals surface area (Å²) in [6, 6.07) is 3.17. The van der Waals surface area contributed by atoms with Crippen molar-refractivity contribution in [3.8, 4) is 22.8 Å². The maximum atomic E-state index is 15.0. The third-order valence-corrected chi connectivity index (χ3v) is 7.70. The number of hydrogen-bond acceptors (Lipinski definition) is 8. The van der Waals surface area contributed by atoms with Gasteiger partial charge in [0.25, 0.3) is 5.91 Å². The summed E-state index contributed by atoms with van der Waals surface area (Å²) in [5.41, 5.74) is 0.709. The van der Waals surface area contributed by atoms with Gasteiger partial charge in [-0.25, -0.2) is 9.37 Å². The van der Waals surface area contributed by atoms with Crippen LogP contribution in [0.15, 0.2) is 41.6 Å². The number of aromatic hydroxyl groups is 1. The van der Waals surface area contributed by atoms with Crippen LogP contribution in [0.2, 0.25) is 5.02 Å². The standard InChI is InChI=1S/C26H23ClFN5O5/c1-3-19(35)31-7-8-32-14(10-31)12-37-24-21(26(32)36)25(33-11-18-15(13(33)2)9-29-38-18)30-23(22(24)27)20-16(28)5-4-6-17(20)34/h3-6,9,13-14,34H,1,7-8,10-12H2,2H3. The Morgan fingerprint density at radius 3 is 2.84 bits per heavy atom. The van der Waals surface area contributed by atoms with Gasteiger partial charge in [0, 0.05) is 25.2 Å². The average Bonchev–Trinajstić information content (AvgIpc) is 3.46. The fraction of sp³-hybridized carbons (Fsp3) is 0.308. The van der Waals surface area contributed by atoms with Gasteiger partial charge in [0.2, 0.25) is 5.91 Å². The van der Waals surface area contributed by atoms with Crippen LogP contribution < -0.4 is 9.64 Å². The number of pyridine rings is 1. The first-order chi connectivity index (χ1) is 18.3. The molecule has 2 unspecified atom stereocenters. The van der Waals surface area contributed by atoms with Crippen molar-refractivity contribution >= 4 is 29.2 Å². The van der Waals surface area contributed by atoms with Gasteiger partial charge in [-0.05, 0) is 25.1 Å². The molecule has 0 bridgehead atoms. The zero-order chi connectivity index (χ0) is 26.7. The van der Waals surface area contributed by atoms with Gasteiger partial charge in [-0.1, -0.05) is 29.4 Å². The Morgan fingerprint density at radius 2 is 2.11 bits per heavy atom. The third-order valence-electron chi connectivity index (χ3n) is 7.35. The van der Waals surface area contributed by atoms with Crippen LogP contribution in [0.3, 0.4) is 0 Å². The third kappa shape index (κ3) is 3.60.